The van der Waals surface area contributed by atoms with E-state index in [1.54, 1.807) is 11.3 Å². The van der Waals surface area contributed by atoms with Crippen LogP contribution in [-0.2, 0) is 16.2 Å². The molecule has 0 atom stereocenters. The molecular formula is C61H51N3OS2. The van der Waals surface area contributed by atoms with Crippen molar-refractivity contribution in [2.45, 2.75) is 77.6 Å². The number of fused-ring (bicyclic) bond motifs is 12. The number of para-hydroxylation sites is 1. The maximum Gasteiger partial charge on any atom is 0.144 e. The summed E-state index contributed by atoms with van der Waals surface area (Å²) in [6.45, 7) is 16.5. The number of hydrogen-bond acceptors (Lipinski definition) is 5. The van der Waals surface area contributed by atoms with Crippen LogP contribution in [0, 0.1) is 0 Å². The second kappa shape index (κ2) is 14.4. The predicted octanol–water partition coefficient (Wildman–Crippen LogP) is 18.4. The van der Waals surface area contributed by atoms with Crippen LogP contribution in [0.25, 0.3) is 102 Å². The molecule has 0 fully saturated rings. The van der Waals surface area contributed by atoms with Crippen molar-refractivity contribution >= 4 is 108 Å². The highest BCUT2D eigenvalue weighted by atomic mass is 32.1. The van der Waals surface area contributed by atoms with Crippen LogP contribution in [0.1, 0.15) is 78.0 Å². The Labute approximate surface area is 398 Å². The maximum absolute atomic E-state index is 7.20. The van der Waals surface area contributed by atoms with E-state index >= 15 is 0 Å². The number of nitrogens with one attached hydrogen (secondary N) is 1. The molecule has 1 aliphatic carbocycles. The van der Waals surface area contributed by atoms with Gasteiger partial charge < -0.3 is 14.3 Å². The Kier molecular flexibility index (Phi) is 8.70. The van der Waals surface area contributed by atoms with Crippen molar-refractivity contribution in [2.24, 2.45) is 0 Å². The summed E-state index contributed by atoms with van der Waals surface area (Å²) in [7, 11) is 0. The maximum atomic E-state index is 7.20. The van der Waals surface area contributed by atoms with Crippen molar-refractivity contribution in [1.29, 1.82) is 0 Å². The Morgan fingerprint density at radius 1 is 0.582 bits per heavy atom. The van der Waals surface area contributed by atoms with E-state index in [9.17, 15) is 0 Å². The van der Waals surface area contributed by atoms with Gasteiger partial charge in [-0.05, 0) is 119 Å². The SMILES string of the molecule is CC(C)(C)c1ccc(Nc2cc3sc4ccccc4c3cc2-c2cc3c(c4cc5c(cc4n3-c3ccc4nc(-c6ccccc6)sc4c3)C(C)(C)CCC5(C)C)c3c2oc2ccccc23)cc1. The summed E-state index contributed by atoms with van der Waals surface area (Å²) in [5.74, 6) is 0. The van der Waals surface area contributed by atoms with Crippen LogP contribution in [0.4, 0.5) is 11.4 Å². The number of aromatic nitrogens is 2. The zero-order valence-electron chi connectivity index (χ0n) is 39.0. The van der Waals surface area contributed by atoms with E-state index in [0.717, 1.165) is 84.6 Å². The summed E-state index contributed by atoms with van der Waals surface area (Å²) in [5, 5.41) is 12.3. The lowest BCUT2D eigenvalue weighted by Gasteiger charge is -2.42. The van der Waals surface area contributed by atoms with E-state index in [1.165, 1.54) is 57.9 Å². The molecule has 8 aromatic carbocycles. The van der Waals surface area contributed by atoms with E-state index < -0.39 is 0 Å². The second-order valence-electron chi connectivity index (χ2n) is 21.1. The predicted molar refractivity (Wildman–Crippen MR) is 289 cm³/mol. The number of rotatable bonds is 5. The largest absolute Gasteiger partial charge is 0.455 e. The molecule has 0 bridgehead atoms. The minimum atomic E-state index is 0.0275. The van der Waals surface area contributed by atoms with Crippen LogP contribution >= 0.6 is 22.7 Å². The van der Waals surface area contributed by atoms with Crippen molar-refractivity contribution in [3.8, 4) is 27.4 Å². The Balaban J connectivity index is 1.16. The first kappa shape index (κ1) is 40.5. The van der Waals surface area contributed by atoms with Crippen LogP contribution < -0.4 is 5.32 Å². The zero-order valence-corrected chi connectivity index (χ0v) is 40.6. The number of furan rings is 1. The van der Waals surface area contributed by atoms with Crippen molar-refractivity contribution in [1.82, 2.24) is 9.55 Å². The van der Waals surface area contributed by atoms with E-state index in [0.29, 0.717) is 0 Å². The van der Waals surface area contributed by atoms with Gasteiger partial charge >= 0.3 is 0 Å². The molecule has 0 unspecified atom stereocenters. The van der Waals surface area contributed by atoms with Gasteiger partial charge in [-0.2, -0.15) is 0 Å². The molecule has 0 amide bonds. The van der Waals surface area contributed by atoms with Crippen molar-refractivity contribution in [3.63, 3.8) is 0 Å². The van der Waals surface area contributed by atoms with Gasteiger partial charge in [-0.25, -0.2) is 4.98 Å². The highest BCUT2D eigenvalue weighted by molar-refractivity contribution is 7.25. The molecule has 328 valence electrons. The number of benzene rings is 8. The molecule has 4 aromatic heterocycles. The van der Waals surface area contributed by atoms with Gasteiger partial charge in [0.15, 0.2) is 0 Å². The quantitative estimate of drug-likeness (QED) is 0.187. The molecule has 1 N–H and O–H groups in total. The van der Waals surface area contributed by atoms with Crippen molar-refractivity contribution < 1.29 is 4.42 Å². The highest BCUT2D eigenvalue weighted by Gasteiger charge is 2.38. The van der Waals surface area contributed by atoms with Gasteiger partial charge in [-0.1, -0.05) is 127 Å². The van der Waals surface area contributed by atoms with Crippen LogP contribution in [0.5, 0.6) is 0 Å². The van der Waals surface area contributed by atoms with Gasteiger partial charge in [0.1, 0.15) is 16.2 Å². The summed E-state index contributed by atoms with van der Waals surface area (Å²) in [5.41, 5.74) is 16.0. The van der Waals surface area contributed by atoms with Crippen LogP contribution in [0.3, 0.4) is 0 Å². The van der Waals surface area contributed by atoms with Gasteiger partial charge in [0, 0.05) is 75.5 Å². The number of anilines is 2. The molecule has 4 nitrogen and oxygen atoms in total. The standard InChI is InChI=1S/C61H51N3OS2/c1-59(2,3)36-21-23-37(24-22-36)62-48-34-53-42(39-17-12-14-20-52(39)66-53)30-41(48)43-32-50-55(56-40-18-11-13-19-51(40)65-57(43)56)44-31-45-46(61(6,7)28-27-60(45,4)5)33-49(44)64(50)38-25-26-47-54(29-38)67-58(63-47)35-15-9-8-10-16-35/h8-26,29-34,62H,27-28H2,1-7H3. The number of thiazole rings is 1. The number of nitrogens with zero attached hydrogens (tertiary/aromatic N) is 2. The average molecular weight is 906 g/mol. The molecule has 0 radical (unpaired) electrons. The normalized spacial score (nSPS) is 14.9. The molecule has 4 heterocycles. The lowest BCUT2D eigenvalue weighted by molar-refractivity contribution is 0.332. The van der Waals surface area contributed by atoms with E-state index in [1.807, 2.05) is 11.3 Å². The minimum absolute atomic E-state index is 0.0275. The molecule has 0 saturated carbocycles. The lowest BCUT2D eigenvalue weighted by atomic mass is 9.63. The first-order valence-corrected chi connectivity index (χ1v) is 25.2. The summed E-state index contributed by atoms with van der Waals surface area (Å²) in [6, 6.07) is 56.1. The zero-order chi connectivity index (χ0) is 45.6. The van der Waals surface area contributed by atoms with Crippen LogP contribution in [0.15, 0.2) is 156 Å². The summed E-state index contributed by atoms with van der Waals surface area (Å²) >= 11 is 3.61. The summed E-state index contributed by atoms with van der Waals surface area (Å²) < 4.78 is 13.4. The summed E-state index contributed by atoms with van der Waals surface area (Å²) in [4.78, 5) is 5.14. The van der Waals surface area contributed by atoms with Gasteiger partial charge in [0.25, 0.3) is 0 Å². The molecule has 0 spiro atoms. The summed E-state index contributed by atoms with van der Waals surface area (Å²) in [6.07, 6.45) is 2.29. The molecule has 13 rings (SSSR count). The number of hydrogen-bond donors (Lipinski definition) is 1. The monoisotopic (exact) mass is 905 g/mol. The first-order valence-electron chi connectivity index (χ1n) is 23.6. The van der Waals surface area contributed by atoms with Gasteiger partial charge in [-0.15, -0.1) is 22.7 Å². The molecule has 67 heavy (non-hydrogen) atoms. The van der Waals surface area contributed by atoms with E-state index in [4.69, 9.17) is 9.40 Å². The Morgan fingerprint density at radius 3 is 2.07 bits per heavy atom. The van der Waals surface area contributed by atoms with Gasteiger partial charge in [-0.3, -0.25) is 0 Å². The smallest absolute Gasteiger partial charge is 0.144 e. The van der Waals surface area contributed by atoms with E-state index in [-0.39, 0.29) is 16.2 Å². The third kappa shape index (κ3) is 6.33. The lowest BCUT2D eigenvalue weighted by Crippen LogP contribution is -2.33. The topological polar surface area (TPSA) is 43.0 Å². The fraction of sp³-hybridized carbons (Fsp3) is 0.197. The Hall–Kier alpha value is -6.73. The van der Waals surface area contributed by atoms with Crippen LogP contribution in [-0.4, -0.2) is 9.55 Å². The van der Waals surface area contributed by atoms with Crippen LogP contribution in [0.2, 0.25) is 0 Å². The first-order chi connectivity index (χ1) is 32.3. The average Bonchev–Trinajstić information content (AvgIpc) is 4.10. The van der Waals surface area contributed by atoms with E-state index in [2.05, 4.69) is 210 Å². The molecular weight excluding hydrogens is 855 g/mol. The minimum Gasteiger partial charge on any atom is -0.455 e. The molecule has 0 saturated heterocycles. The van der Waals surface area contributed by atoms with Crippen molar-refractivity contribution in [3.05, 3.63) is 168 Å². The fourth-order valence-corrected chi connectivity index (χ4v) is 13.1. The molecule has 1 aliphatic rings. The van der Waals surface area contributed by atoms with Gasteiger partial charge in [0.05, 0.1) is 21.3 Å². The molecule has 0 aliphatic heterocycles. The second-order valence-corrected chi connectivity index (χ2v) is 23.2. The highest BCUT2D eigenvalue weighted by Crippen LogP contribution is 2.53. The molecule has 6 heteroatoms. The van der Waals surface area contributed by atoms with Crippen molar-refractivity contribution in [2.75, 3.05) is 5.32 Å². The third-order valence-electron chi connectivity index (χ3n) is 14.8. The Bertz CT molecular complexity index is 3980. The fourth-order valence-electron chi connectivity index (χ4n) is 11.0. The Morgan fingerprint density at radius 2 is 1.30 bits per heavy atom. The molecule has 12 aromatic rings. The third-order valence-corrected chi connectivity index (χ3v) is 17.0. The van der Waals surface area contributed by atoms with Gasteiger partial charge in [0.2, 0.25) is 0 Å². The number of thiophene rings is 1.